The van der Waals surface area contributed by atoms with Gasteiger partial charge in [0.15, 0.2) is 0 Å². The molecule has 1 rings (SSSR count). The fourth-order valence-electron chi connectivity index (χ4n) is 1.10. The number of primary amides is 1. The number of carbonyl (C=O) groups excluding carboxylic acids is 1. The normalized spacial score (nSPS) is 10.0. The van der Waals surface area contributed by atoms with Gasteiger partial charge >= 0.3 is 0 Å². The van der Waals surface area contributed by atoms with Gasteiger partial charge in [0, 0.05) is 11.4 Å². The number of carbonyl (C=O) groups is 1. The number of aryl methyl sites for hydroxylation is 2. The summed E-state index contributed by atoms with van der Waals surface area (Å²) in [5.41, 5.74) is 7.20. The van der Waals surface area contributed by atoms with Crippen LogP contribution in [0.2, 0.25) is 0 Å². The van der Waals surface area contributed by atoms with Crippen LogP contribution in [0, 0.1) is 13.8 Å². The number of rotatable bonds is 2. The molecule has 11 heavy (non-hydrogen) atoms. The third kappa shape index (κ3) is 1.61. The lowest BCUT2D eigenvalue weighted by Crippen LogP contribution is -2.19. The van der Waals surface area contributed by atoms with Crippen LogP contribution in [0.3, 0.4) is 0 Å². The SMILES string of the molecule is Cc1ccc(C)n1CC(N)=O. The Kier molecular flexibility index (Phi) is 1.98. The van der Waals surface area contributed by atoms with Gasteiger partial charge in [-0.2, -0.15) is 0 Å². The first-order valence-corrected chi connectivity index (χ1v) is 3.52. The summed E-state index contributed by atoms with van der Waals surface area (Å²) in [5, 5.41) is 0. The summed E-state index contributed by atoms with van der Waals surface area (Å²) in [7, 11) is 0. The molecular formula is C8H12N2O. The summed E-state index contributed by atoms with van der Waals surface area (Å²) in [6, 6.07) is 3.94. The molecule has 0 atom stereocenters. The average Bonchev–Trinajstić information content (AvgIpc) is 2.18. The van der Waals surface area contributed by atoms with E-state index < -0.39 is 0 Å². The summed E-state index contributed by atoms with van der Waals surface area (Å²) in [5.74, 6) is -0.299. The van der Waals surface area contributed by atoms with E-state index in [4.69, 9.17) is 5.73 Å². The van der Waals surface area contributed by atoms with Gasteiger partial charge in [-0.25, -0.2) is 0 Å². The van der Waals surface area contributed by atoms with Gasteiger partial charge in [0.05, 0.1) is 0 Å². The summed E-state index contributed by atoms with van der Waals surface area (Å²) >= 11 is 0. The third-order valence-corrected chi connectivity index (χ3v) is 1.73. The van der Waals surface area contributed by atoms with Crippen molar-refractivity contribution >= 4 is 5.91 Å². The molecule has 60 valence electrons. The topological polar surface area (TPSA) is 48.0 Å². The van der Waals surface area contributed by atoms with Gasteiger partial charge < -0.3 is 10.3 Å². The molecule has 2 N–H and O–H groups in total. The van der Waals surface area contributed by atoms with Crippen molar-refractivity contribution in [2.24, 2.45) is 5.73 Å². The minimum absolute atomic E-state index is 0.282. The molecule has 1 aromatic heterocycles. The van der Waals surface area contributed by atoms with E-state index in [1.54, 1.807) is 0 Å². The molecule has 0 saturated carbocycles. The number of hydrogen-bond donors (Lipinski definition) is 1. The molecule has 0 aliphatic heterocycles. The molecule has 0 aliphatic rings. The fourth-order valence-corrected chi connectivity index (χ4v) is 1.10. The van der Waals surface area contributed by atoms with Crippen LogP contribution in [0.1, 0.15) is 11.4 Å². The first kappa shape index (κ1) is 7.85. The second kappa shape index (κ2) is 2.78. The molecule has 0 saturated heterocycles. The molecule has 0 aromatic carbocycles. The zero-order valence-electron chi connectivity index (χ0n) is 6.79. The molecule has 3 heteroatoms. The lowest BCUT2D eigenvalue weighted by atomic mass is 10.5. The molecule has 0 fully saturated rings. The zero-order chi connectivity index (χ0) is 8.43. The van der Waals surface area contributed by atoms with Crippen molar-refractivity contribution in [1.82, 2.24) is 4.57 Å². The van der Waals surface area contributed by atoms with Crippen molar-refractivity contribution in [1.29, 1.82) is 0 Å². The predicted molar refractivity (Wildman–Crippen MR) is 43.1 cm³/mol. The molecule has 1 aromatic rings. The molecule has 0 radical (unpaired) electrons. The highest BCUT2D eigenvalue weighted by Crippen LogP contribution is 2.05. The van der Waals surface area contributed by atoms with Crippen molar-refractivity contribution in [2.75, 3.05) is 0 Å². The van der Waals surface area contributed by atoms with Gasteiger partial charge in [0.1, 0.15) is 6.54 Å². The molecule has 0 unspecified atom stereocenters. The number of nitrogens with zero attached hydrogens (tertiary/aromatic N) is 1. The van der Waals surface area contributed by atoms with Crippen LogP contribution in [0.5, 0.6) is 0 Å². The van der Waals surface area contributed by atoms with E-state index in [9.17, 15) is 4.79 Å². The lowest BCUT2D eigenvalue weighted by Gasteiger charge is -2.04. The van der Waals surface area contributed by atoms with Gasteiger partial charge in [-0.05, 0) is 26.0 Å². The highest BCUT2D eigenvalue weighted by molar-refractivity contribution is 5.73. The Morgan fingerprint density at radius 3 is 2.27 bits per heavy atom. The Hall–Kier alpha value is -1.25. The molecule has 3 nitrogen and oxygen atoms in total. The standard InChI is InChI=1S/C8H12N2O/c1-6-3-4-7(2)10(6)5-8(9)11/h3-4H,5H2,1-2H3,(H2,9,11). The lowest BCUT2D eigenvalue weighted by molar-refractivity contribution is -0.118. The highest BCUT2D eigenvalue weighted by Gasteiger charge is 2.02. The first-order chi connectivity index (χ1) is 5.11. The predicted octanol–water partition coefficient (Wildman–Crippen LogP) is 0.590. The van der Waals surface area contributed by atoms with E-state index in [0.29, 0.717) is 0 Å². The van der Waals surface area contributed by atoms with Crippen molar-refractivity contribution in [3.05, 3.63) is 23.5 Å². The Labute approximate surface area is 65.8 Å². The van der Waals surface area contributed by atoms with Crippen LogP contribution in [-0.2, 0) is 11.3 Å². The summed E-state index contributed by atoms with van der Waals surface area (Å²) < 4.78 is 1.89. The van der Waals surface area contributed by atoms with Crippen LogP contribution in [0.25, 0.3) is 0 Å². The van der Waals surface area contributed by atoms with Gasteiger partial charge in [0.2, 0.25) is 5.91 Å². The highest BCUT2D eigenvalue weighted by atomic mass is 16.1. The third-order valence-electron chi connectivity index (χ3n) is 1.73. The Balaban J connectivity index is 2.92. The van der Waals surface area contributed by atoms with Crippen molar-refractivity contribution in [3.8, 4) is 0 Å². The van der Waals surface area contributed by atoms with E-state index in [1.165, 1.54) is 0 Å². The monoisotopic (exact) mass is 152 g/mol. The summed E-state index contributed by atoms with van der Waals surface area (Å²) in [4.78, 5) is 10.6. The number of aromatic nitrogens is 1. The maximum Gasteiger partial charge on any atom is 0.237 e. The molecule has 1 amide bonds. The van der Waals surface area contributed by atoms with Crippen LogP contribution in [0.4, 0.5) is 0 Å². The van der Waals surface area contributed by atoms with Crippen LogP contribution < -0.4 is 5.73 Å². The Morgan fingerprint density at radius 1 is 1.45 bits per heavy atom. The molecule has 1 heterocycles. The number of nitrogens with two attached hydrogens (primary N) is 1. The second-order valence-electron chi connectivity index (χ2n) is 2.67. The van der Waals surface area contributed by atoms with Gasteiger partial charge in [0.25, 0.3) is 0 Å². The molecule has 0 bridgehead atoms. The van der Waals surface area contributed by atoms with E-state index in [2.05, 4.69) is 0 Å². The molecular weight excluding hydrogens is 140 g/mol. The minimum atomic E-state index is -0.299. The van der Waals surface area contributed by atoms with E-state index in [1.807, 2.05) is 30.5 Å². The zero-order valence-corrected chi connectivity index (χ0v) is 6.79. The largest absolute Gasteiger partial charge is 0.368 e. The summed E-state index contributed by atoms with van der Waals surface area (Å²) in [6.45, 7) is 4.19. The maximum atomic E-state index is 10.6. The van der Waals surface area contributed by atoms with Gasteiger partial charge in [-0.1, -0.05) is 0 Å². The fraction of sp³-hybridized carbons (Fsp3) is 0.375. The number of amides is 1. The smallest absolute Gasteiger partial charge is 0.237 e. The quantitative estimate of drug-likeness (QED) is 0.662. The van der Waals surface area contributed by atoms with E-state index >= 15 is 0 Å². The molecule has 0 aliphatic carbocycles. The van der Waals surface area contributed by atoms with Crippen molar-refractivity contribution in [2.45, 2.75) is 20.4 Å². The summed E-state index contributed by atoms with van der Waals surface area (Å²) in [6.07, 6.45) is 0. The van der Waals surface area contributed by atoms with Crippen LogP contribution in [-0.4, -0.2) is 10.5 Å². The van der Waals surface area contributed by atoms with Crippen LogP contribution >= 0.6 is 0 Å². The van der Waals surface area contributed by atoms with Crippen molar-refractivity contribution < 1.29 is 4.79 Å². The number of hydrogen-bond acceptors (Lipinski definition) is 1. The average molecular weight is 152 g/mol. The van der Waals surface area contributed by atoms with Gasteiger partial charge in [-0.3, -0.25) is 4.79 Å². The second-order valence-corrected chi connectivity index (χ2v) is 2.67. The Bertz CT molecular complexity index is 256. The van der Waals surface area contributed by atoms with E-state index in [0.717, 1.165) is 11.4 Å². The van der Waals surface area contributed by atoms with Crippen molar-refractivity contribution in [3.63, 3.8) is 0 Å². The van der Waals surface area contributed by atoms with Gasteiger partial charge in [-0.15, -0.1) is 0 Å². The van der Waals surface area contributed by atoms with Crippen LogP contribution in [0.15, 0.2) is 12.1 Å². The maximum absolute atomic E-state index is 10.6. The molecule has 0 spiro atoms. The first-order valence-electron chi connectivity index (χ1n) is 3.52. The van der Waals surface area contributed by atoms with E-state index in [-0.39, 0.29) is 12.5 Å². The minimum Gasteiger partial charge on any atom is -0.368 e. The Morgan fingerprint density at radius 2 is 1.91 bits per heavy atom.